The molecule has 12 heavy (non-hydrogen) atoms. The highest BCUT2D eigenvalue weighted by atomic mass is 16.7. The molecule has 0 saturated carbocycles. The van der Waals surface area contributed by atoms with Crippen LogP contribution in [0.5, 0.6) is 0 Å². The fourth-order valence-electron chi connectivity index (χ4n) is 0.507. The number of ether oxygens (including phenoxy) is 1. The van der Waals surface area contributed by atoms with Crippen LogP contribution >= 0.6 is 0 Å². The Morgan fingerprint density at radius 3 is 2.50 bits per heavy atom. The Balaban J connectivity index is 4.11. The normalized spacial score (nSPS) is 9.92. The van der Waals surface area contributed by atoms with E-state index in [1.165, 1.54) is 33.6 Å². The van der Waals surface area contributed by atoms with Crippen molar-refractivity contribution >= 4 is 5.91 Å². The molecule has 0 bridgehead atoms. The molecule has 68 valence electrons. The van der Waals surface area contributed by atoms with Gasteiger partial charge in [0.05, 0.1) is 20.5 Å². The Morgan fingerprint density at radius 1 is 1.50 bits per heavy atom. The summed E-state index contributed by atoms with van der Waals surface area (Å²) in [6.45, 7) is 3.52. The van der Waals surface area contributed by atoms with Crippen molar-refractivity contribution in [2.75, 3.05) is 21.3 Å². The van der Waals surface area contributed by atoms with Crippen molar-refractivity contribution in [2.45, 2.75) is 0 Å². The fraction of sp³-hybridized carbons (Fsp3) is 0.375. The molecule has 1 amide bonds. The lowest BCUT2D eigenvalue weighted by Crippen LogP contribution is -2.25. The summed E-state index contributed by atoms with van der Waals surface area (Å²) >= 11 is 0. The quantitative estimate of drug-likeness (QED) is 0.271. The molecule has 0 aromatic heterocycles. The van der Waals surface area contributed by atoms with Crippen LogP contribution in [0.15, 0.2) is 24.5 Å². The van der Waals surface area contributed by atoms with E-state index in [0.29, 0.717) is 5.57 Å². The third-order valence-corrected chi connectivity index (χ3v) is 1.24. The first kappa shape index (κ1) is 10.7. The summed E-state index contributed by atoms with van der Waals surface area (Å²) in [7, 11) is 4.41. The number of rotatable bonds is 4. The lowest BCUT2D eigenvalue weighted by Gasteiger charge is -2.12. The molecule has 0 atom stereocenters. The monoisotopic (exact) mass is 171 g/mol. The number of carbonyl (C=O) groups excluding carboxylic acids is 1. The summed E-state index contributed by atoms with van der Waals surface area (Å²) in [5.74, 6) is -0.300. The van der Waals surface area contributed by atoms with Crippen LogP contribution in [0, 0.1) is 0 Å². The molecule has 0 N–H and O–H groups in total. The molecule has 0 radical (unpaired) electrons. The molecule has 0 heterocycles. The summed E-state index contributed by atoms with van der Waals surface area (Å²) in [5, 5.41) is 1.09. The first-order chi connectivity index (χ1) is 5.63. The van der Waals surface area contributed by atoms with Crippen molar-refractivity contribution in [1.82, 2.24) is 5.06 Å². The summed E-state index contributed by atoms with van der Waals surface area (Å²) in [6, 6.07) is 0. The van der Waals surface area contributed by atoms with Gasteiger partial charge in [-0.3, -0.25) is 9.63 Å². The molecule has 4 nitrogen and oxygen atoms in total. The van der Waals surface area contributed by atoms with Gasteiger partial charge in [-0.25, -0.2) is 5.06 Å². The summed E-state index contributed by atoms with van der Waals surface area (Å²) in [4.78, 5) is 15.8. The minimum Gasteiger partial charge on any atom is -0.504 e. The molecule has 0 saturated heterocycles. The third kappa shape index (κ3) is 3.21. The van der Waals surface area contributed by atoms with Gasteiger partial charge in [-0.2, -0.15) is 0 Å². The maximum absolute atomic E-state index is 11.2. The second-order valence-electron chi connectivity index (χ2n) is 2.05. The van der Waals surface area contributed by atoms with E-state index >= 15 is 0 Å². The number of hydrogen-bond donors (Lipinski definition) is 0. The van der Waals surface area contributed by atoms with Crippen molar-refractivity contribution in [2.24, 2.45) is 0 Å². The first-order valence-electron chi connectivity index (χ1n) is 3.34. The number of likely N-dealkylation sites (N-methyl/N-ethyl adjacent to an activating group) is 1. The molecule has 0 aliphatic carbocycles. The maximum Gasteiger partial charge on any atom is 0.276 e. The topological polar surface area (TPSA) is 38.8 Å². The molecule has 4 heteroatoms. The van der Waals surface area contributed by atoms with E-state index in [2.05, 4.69) is 16.2 Å². The predicted molar refractivity (Wildman–Crippen MR) is 45.1 cm³/mol. The molecule has 0 spiro atoms. The SMILES string of the molecule is C=C(/C=C\OC)C(=O)N(C)OC. The van der Waals surface area contributed by atoms with E-state index < -0.39 is 0 Å². The van der Waals surface area contributed by atoms with Crippen LogP contribution in [0.3, 0.4) is 0 Å². The molecule has 0 fully saturated rings. The Bertz CT molecular complexity index is 198. The summed E-state index contributed by atoms with van der Waals surface area (Å²) < 4.78 is 4.62. The summed E-state index contributed by atoms with van der Waals surface area (Å²) in [5.41, 5.74) is 0.307. The van der Waals surface area contributed by atoms with E-state index in [9.17, 15) is 4.79 Å². The van der Waals surface area contributed by atoms with E-state index in [4.69, 9.17) is 0 Å². The van der Waals surface area contributed by atoms with Gasteiger partial charge in [0.25, 0.3) is 5.91 Å². The number of nitrogens with zero attached hydrogens (tertiary/aromatic N) is 1. The van der Waals surface area contributed by atoms with Gasteiger partial charge in [0.2, 0.25) is 0 Å². The minimum absolute atomic E-state index is 0.300. The van der Waals surface area contributed by atoms with E-state index in [-0.39, 0.29) is 5.91 Å². The van der Waals surface area contributed by atoms with E-state index in [1.807, 2.05) is 0 Å². The van der Waals surface area contributed by atoms with Gasteiger partial charge in [0.1, 0.15) is 0 Å². The Hall–Kier alpha value is -1.29. The number of hydroxylamine groups is 2. The largest absolute Gasteiger partial charge is 0.504 e. The van der Waals surface area contributed by atoms with E-state index in [1.54, 1.807) is 0 Å². The number of methoxy groups -OCH3 is 1. The van der Waals surface area contributed by atoms with Crippen LogP contribution in [0.4, 0.5) is 0 Å². The van der Waals surface area contributed by atoms with Crippen molar-refractivity contribution in [3.63, 3.8) is 0 Å². The van der Waals surface area contributed by atoms with Crippen molar-refractivity contribution < 1.29 is 14.4 Å². The molecule has 0 unspecified atom stereocenters. The zero-order valence-electron chi connectivity index (χ0n) is 7.53. The van der Waals surface area contributed by atoms with Gasteiger partial charge in [-0.15, -0.1) is 0 Å². The highest BCUT2D eigenvalue weighted by molar-refractivity contribution is 5.94. The fourth-order valence-corrected chi connectivity index (χ4v) is 0.507. The van der Waals surface area contributed by atoms with Gasteiger partial charge in [-0.05, 0) is 6.08 Å². The van der Waals surface area contributed by atoms with Gasteiger partial charge >= 0.3 is 0 Å². The van der Waals surface area contributed by atoms with Crippen molar-refractivity contribution in [3.05, 3.63) is 24.5 Å². The zero-order valence-corrected chi connectivity index (χ0v) is 7.53. The highest BCUT2D eigenvalue weighted by Gasteiger charge is 2.08. The third-order valence-electron chi connectivity index (χ3n) is 1.24. The Morgan fingerprint density at radius 2 is 2.08 bits per heavy atom. The number of carbonyl (C=O) groups is 1. The van der Waals surface area contributed by atoms with Crippen LogP contribution in [0.25, 0.3) is 0 Å². The summed E-state index contributed by atoms with van der Waals surface area (Å²) in [6.07, 6.45) is 2.85. The van der Waals surface area contributed by atoms with Gasteiger partial charge in [0, 0.05) is 12.6 Å². The molecule has 0 aliphatic heterocycles. The average Bonchev–Trinajstić information content (AvgIpc) is 2.11. The number of amides is 1. The molecule has 0 rings (SSSR count). The molecular weight excluding hydrogens is 158 g/mol. The second-order valence-corrected chi connectivity index (χ2v) is 2.05. The Kier molecular flexibility index (Phi) is 4.79. The van der Waals surface area contributed by atoms with Crippen LogP contribution in [0.2, 0.25) is 0 Å². The average molecular weight is 171 g/mol. The van der Waals surface area contributed by atoms with Gasteiger partial charge < -0.3 is 4.74 Å². The van der Waals surface area contributed by atoms with Crippen LogP contribution in [0.1, 0.15) is 0 Å². The van der Waals surface area contributed by atoms with Crippen molar-refractivity contribution in [3.8, 4) is 0 Å². The van der Waals surface area contributed by atoms with Crippen LogP contribution in [-0.2, 0) is 14.4 Å². The number of hydrogen-bond acceptors (Lipinski definition) is 3. The lowest BCUT2D eigenvalue weighted by atomic mass is 10.3. The lowest BCUT2D eigenvalue weighted by molar-refractivity contribution is -0.163. The van der Waals surface area contributed by atoms with Crippen LogP contribution < -0.4 is 0 Å². The van der Waals surface area contributed by atoms with Gasteiger partial charge in [-0.1, -0.05) is 6.58 Å². The minimum atomic E-state index is -0.300. The standard InChI is InChI=1S/C8H13NO3/c1-7(5-6-11-3)8(10)9(2)12-4/h5-6H,1H2,2-4H3/b6-5-. The molecular formula is C8H13NO3. The first-order valence-corrected chi connectivity index (χ1v) is 3.34. The smallest absolute Gasteiger partial charge is 0.276 e. The predicted octanol–water partition coefficient (Wildman–Crippen LogP) is 0.722. The molecule has 0 aliphatic rings. The Labute approximate surface area is 72.0 Å². The maximum atomic E-state index is 11.2. The van der Waals surface area contributed by atoms with Crippen molar-refractivity contribution in [1.29, 1.82) is 0 Å². The van der Waals surface area contributed by atoms with Crippen LogP contribution in [-0.4, -0.2) is 32.2 Å². The van der Waals surface area contributed by atoms with E-state index in [0.717, 1.165) is 5.06 Å². The van der Waals surface area contributed by atoms with Gasteiger partial charge in [0.15, 0.2) is 0 Å². The molecule has 0 aromatic rings. The molecule has 0 aromatic carbocycles. The zero-order chi connectivity index (χ0) is 9.56. The second kappa shape index (κ2) is 5.37. The highest BCUT2D eigenvalue weighted by Crippen LogP contribution is 1.98.